The molecule has 0 fully saturated rings. The molecule has 2 unspecified atom stereocenters. The van der Waals surface area contributed by atoms with Gasteiger partial charge in [0.1, 0.15) is 0 Å². The summed E-state index contributed by atoms with van der Waals surface area (Å²) >= 11 is 1.99. The van der Waals surface area contributed by atoms with Crippen molar-refractivity contribution in [2.24, 2.45) is 0 Å². The molecule has 0 N–H and O–H groups in total. The molecule has 0 aliphatic heterocycles. The molecule has 68 valence electrons. The zero-order chi connectivity index (χ0) is 9.00. The number of fused-ring (bicyclic) bond motifs is 1. The average Bonchev–Trinajstić information content (AvgIpc) is 2.47. The van der Waals surface area contributed by atoms with Crippen LogP contribution >= 0.6 is 11.3 Å². The Labute approximate surface area is 83.3 Å². The fraction of sp³-hybridized carbons (Fsp3) is 0.500. The van der Waals surface area contributed by atoms with Gasteiger partial charge >= 0.3 is 0 Å². The Morgan fingerprint density at radius 2 is 1.46 bits per heavy atom. The van der Waals surface area contributed by atoms with E-state index in [1.54, 1.807) is 20.9 Å². The summed E-state index contributed by atoms with van der Waals surface area (Å²) in [5.74, 6) is 1.51. The molecule has 1 heteroatoms. The molecule has 0 radical (unpaired) electrons. The minimum atomic E-state index is 0.755. The van der Waals surface area contributed by atoms with Crippen molar-refractivity contribution in [3.05, 3.63) is 33.0 Å². The van der Waals surface area contributed by atoms with Crippen LogP contribution in [0.15, 0.2) is 12.2 Å². The molecule has 1 aromatic rings. The SMILES string of the molecule is Cc1sc(C)c2c1C1C=CC2CC1. The number of rotatable bonds is 0. The van der Waals surface area contributed by atoms with Crippen LogP contribution in [-0.4, -0.2) is 0 Å². The Kier molecular flexibility index (Phi) is 1.49. The molecule has 0 aromatic carbocycles. The van der Waals surface area contributed by atoms with Gasteiger partial charge in [0, 0.05) is 21.6 Å². The molecule has 0 saturated carbocycles. The monoisotopic (exact) mass is 190 g/mol. The van der Waals surface area contributed by atoms with Gasteiger partial charge < -0.3 is 0 Å². The van der Waals surface area contributed by atoms with E-state index in [0.29, 0.717) is 0 Å². The van der Waals surface area contributed by atoms with Gasteiger partial charge in [-0.2, -0.15) is 0 Å². The van der Waals surface area contributed by atoms with Crippen LogP contribution in [0.2, 0.25) is 0 Å². The zero-order valence-electron chi connectivity index (χ0n) is 8.13. The van der Waals surface area contributed by atoms with E-state index < -0.39 is 0 Å². The first-order valence-electron chi connectivity index (χ1n) is 5.05. The fourth-order valence-corrected chi connectivity index (χ4v) is 4.14. The quantitative estimate of drug-likeness (QED) is 0.544. The minimum Gasteiger partial charge on any atom is -0.145 e. The highest BCUT2D eigenvalue weighted by atomic mass is 32.1. The van der Waals surface area contributed by atoms with E-state index in [1.807, 2.05) is 11.3 Å². The van der Waals surface area contributed by atoms with Crippen molar-refractivity contribution in [3.8, 4) is 0 Å². The number of hydrogen-bond donors (Lipinski definition) is 0. The van der Waals surface area contributed by atoms with Gasteiger partial charge in [0.25, 0.3) is 0 Å². The second-order valence-corrected chi connectivity index (χ2v) is 5.65. The maximum atomic E-state index is 2.43. The largest absolute Gasteiger partial charge is 0.145 e. The van der Waals surface area contributed by atoms with Gasteiger partial charge in [-0.1, -0.05) is 12.2 Å². The van der Waals surface area contributed by atoms with Crippen LogP contribution in [0.3, 0.4) is 0 Å². The van der Waals surface area contributed by atoms with E-state index in [2.05, 4.69) is 26.0 Å². The summed E-state index contributed by atoms with van der Waals surface area (Å²) in [4.78, 5) is 3.12. The van der Waals surface area contributed by atoms with E-state index in [-0.39, 0.29) is 0 Å². The van der Waals surface area contributed by atoms with Crippen LogP contribution in [-0.2, 0) is 0 Å². The summed E-state index contributed by atoms with van der Waals surface area (Å²) in [7, 11) is 0. The molecule has 0 spiro atoms. The molecular formula is C12H14S. The van der Waals surface area contributed by atoms with Gasteiger partial charge in [-0.05, 0) is 37.8 Å². The molecule has 3 aliphatic rings. The van der Waals surface area contributed by atoms with Crippen LogP contribution in [0.25, 0.3) is 0 Å². The Hall–Kier alpha value is -0.560. The lowest BCUT2D eigenvalue weighted by atomic mass is 9.72. The fourth-order valence-electron chi connectivity index (χ4n) is 2.94. The smallest absolute Gasteiger partial charge is 0.00581 e. The zero-order valence-corrected chi connectivity index (χ0v) is 8.95. The summed E-state index contributed by atoms with van der Waals surface area (Å²) in [6.45, 7) is 4.57. The van der Waals surface area contributed by atoms with Crippen LogP contribution in [0.4, 0.5) is 0 Å². The molecule has 1 heterocycles. The predicted octanol–water partition coefficient (Wildman–Crippen LogP) is 3.90. The average molecular weight is 190 g/mol. The molecule has 1 aromatic heterocycles. The topological polar surface area (TPSA) is 0 Å². The van der Waals surface area contributed by atoms with Gasteiger partial charge in [-0.15, -0.1) is 11.3 Å². The van der Waals surface area contributed by atoms with Crippen molar-refractivity contribution in [3.63, 3.8) is 0 Å². The van der Waals surface area contributed by atoms with Crippen molar-refractivity contribution < 1.29 is 0 Å². The van der Waals surface area contributed by atoms with E-state index >= 15 is 0 Å². The van der Waals surface area contributed by atoms with Crippen molar-refractivity contribution in [1.29, 1.82) is 0 Å². The van der Waals surface area contributed by atoms with Gasteiger partial charge in [0.15, 0.2) is 0 Å². The number of allylic oxidation sites excluding steroid dienone is 2. The maximum absolute atomic E-state index is 2.43. The molecule has 0 amide bonds. The lowest BCUT2D eigenvalue weighted by Gasteiger charge is -2.32. The third kappa shape index (κ3) is 0.912. The van der Waals surface area contributed by atoms with E-state index in [1.165, 1.54) is 12.8 Å². The molecule has 2 bridgehead atoms. The predicted molar refractivity (Wildman–Crippen MR) is 57.6 cm³/mol. The Balaban J connectivity index is 2.29. The highest BCUT2D eigenvalue weighted by Gasteiger charge is 2.32. The first-order chi connectivity index (χ1) is 6.27. The molecular weight excluding hydrogens is 176 g/mol. The van der Waals surface area contributed by atoms with E-state index in [4.69, 9.17) is 0 Å². The van der Waals surface area contributed by atoms with E-state index in [0.717, 1.165) is 11.8 Å². The second-order valence-electron chi connectivity index (χ2n) is 4.22. The second kappa shape index (κ2) is 2.48. The lowest BCUT2D eigenvalue weighted by Crippen LogP contribution is -2.16. The Morgan fingerprint density at radius 1 is 1.00 bits per heavy atom. The van der Waals surface area contributed by atoms with Gasteiger partial charge in [0.05, 0.1) is 0 Å². The van der Waals surface area contributed by atoms with Crippen molar-refractivity contribution in [2.75, 3.05) is 0 Å². The summed E-state index contributed by atoms with van der Waals surface area (Å²) in [5, 5.41) is 0. The third-order valence-electron chi connectivity index (χ3n) is 3.46. The summed E-state index contributed by atoms with van der Waals surface area (Å²) in [5.41, 5.74) is 3.36. The lowest BCUT2D eigenvalue weighted by molar-refractivity contribution is 0.553. The number of hydrogen-bond acceptors (Lipinski definition) is 1. The molecule has 4 rings (SSSR count). The summed E-state index contributed by atoms with van der Waals surface area (Å²) in [6.07, 6.45) is 7.61. The number of thiophene rings is 1. The first kappa shape index (κ1) is 7.81. The van der Waals surface area contributed by atoms with Gasteiger partial charge in [-0.25, -0.2) is 0 Å². The van der Waals surface area contributed by atoms with Crippen LogP contribution in [0.1, 0.15) is 45.6 Å². The van der Waals surface area contributed by atoms with Crippen molar-refractivity contribution in [2.45, 2.75) is 38.5 Å². The Bertz CT molecular complexity index is 350. The molecule has 0 nitrogen and oxygen atoms in total. The molecule has 2 atom stereocenters. The van der Waals surface area contributed by atoms with Gasteiger partial charge in [0.2, 0.25) is 0 Å². The minimum absolute atomic E-state index is 0.755. The van der Waals surface area contributed by atoms with Gasteiger partial charge in [-0.3, -0.25) is 0 Å². The third-order valence-corrected chi connectivity index (χ3v) is 4.51. The first-order valence-corrected chi connectivity index (χ1v) is 5.87. The molecule has 13 heavy (non-hydrogen) atoms. The van der Waals surface area contributed by atoms with Crippen molar-refractivity contribution in [1.82, 2.24) is 0 Å². The highest BCUT2D eigenvalue weighted by molar-refractivity contribution is 7.12. The molecule has 3 aliphatic carbocycles. The normalized spacial score (nSPS) is 29.4. The summed E-state index contributed by atoms with van der Waals surface area (Å²) in [6, 6.07) is 0. The molecule has 0 saturated heterocycles. The summed E-state index contributed by atoms with van der Waals surface area (Å²) < 4.78 is 0. The van der Waals surface area contributed by atoms with Crippen LogP contribution in [0.5, 0.6) is 0 Å². The van der Waals surface area contributed by atoms with Crippen molar-refractivity contribution >= 4 is 11.3 Å². The Morgan fingerprint density at radius 3 is 1.85 bits per heavy atom. The van der Waals surface area contributed by atoms with E-state index in [9.17, 15) is 0 Å². The number of aryl methyl sites for hydroxylation is 2. The van der Waals surface area contributed by atoms with Crippen LogP contribution in [0, 0.1) is 13.8 Å². The van der Waals surface area contributed by atoms with Crippen LogP contribution < -0.4 is 0 Å². The maximum Gasteiger partial charge on any atom is 0.00581 e. The standard InChI is InChI=1S/C12H14S/c1-7-11-9-3-5-10(6-4-9)12(11)8(2)13-7/h3,5,9-10H,4,6H2,1-2H3. The highest BCUT2D eigenvalue weighted by Crippen LogP contribution is 2.50.